The largest absolute Gasteiger partial charge is 0.491 e. The molecule has 196 valence electrons. The number of likely N-dealkylation sites (tertiary alicyclic amines) is 1. The van der Waals surface area contributed by atoms with Crippen LogP contribution < -0.4 is 10.1 Å². The second kappa shape index (κ2) is 10.3. The van der Waals surface area contributed by atoms with Crippen molar-refractivity contribution in [1.82, 2.24) is 15.2 Å². The van der Waals surface area contributed by atoms with Crippen LogP contribution in [-0.4, -0.2) is 53.3 Å². The molecule has 3 aliphatic rings. The monoisotopic (exact) mass is 508 g/mol. The number of ether oxygens (including phenoxy) is 1. The van der Waals surface area contributed by atoms with E-state index in [4.69, 9.17) is 10.1 Å². The average Bonchev–Trinajstić information content (AvgIpc) is 3.13. The van der Waals surface area contributed by atoms with Gasteiger partial charge in [0.2, 0.25) is 0 Å². The van der Waals surface area contributed by atoms with Crippen LogP contribution in [0.15, 0.2) is 48.8 Å². The molecule has 38 heavy (non-hydrogen) atoms. The van der Waals surface area contributed by atoms with Gasteiger partial charge in [-0.1, -0.05) is 24.3 Å². The van der Waals surface area contributed by atoms with Gasteiger partial charge >= 0.3 is 0 Å². The highest BCUT2D eigenvalue weighted by molar-refractivity contribution is 6.13. The Bertz CT molecular complexity index is 1400. The van der Waals surface area contributed by atoms with Gasteiger partial charge in [0.15, 0.2) is 0 Å². The first-order chi connectivity index (χ1) is 18.5. The van der Waals surface area contributed by atoms with Gasteiger partial charge in [-0.25, -0.2) is 0 Å². The fourth-order valence-electron chi connectivity index (χ4n) is 6.53. The van der Waals surface area contributed by atoms with Gasteiger partial charge < -0.3 is 10.1 Å². The van der Waals surface area contributed by atoms with E-state index in [1.165, 1.54) is 43.4 Å². The number of carbonyl (C=O) groups excluding carboxylic acids is 1. The highest BCUT2D eigenvalue weighted by Gasteiger charge is 2.29. The van der Waals surface area contributed by atoms with Crippen molar-refractivity contribution in [1.29, 1.82) is 5.41 Å². The van der Waals surface area contributed by atoms with E-state index >= 15 is 0 Å². The van der Waals surface area contributed by atoms with Crippen molar-refractivity contribution in [2.75, 3.05) is 19.7 Å². The molecule has 1 fully saturated rings. The molecule has 1 amide bonds. The summed E-state index contributed by atoms with van der Waals surface area (Å²) >= 11 is 0. The Morgan fingerprint density at radius 1 is 1.05 bits per heavy atom. The molecule has 0 radical (unpaired) electrons. The Balaban J connectivity index is 1.25. The summed E-state index contributed by atoms with van der Waals surface area (Å²) in [6.07, 6.45) is 11.0. The Kier molecular flexibility index (Phi) is 6.75. The highest BCUT2D eigenvalue weighted by atomic mass is 16.5. The number of rotatable bonds is 4. The third-order valence-electron chi connectivity index (χ3n) is 8.69. The van der Waals surface area contributed by atoms with Gasteiger partial charge in [-0.15, -0.1) is 0 Å². The van der Waals surface area contributed by atoms with E-state index in [2.05, 4.69) is 46.4 Å². The van der Waals surface area contributed by atoms with E-state index in [-0.39, 0.29) is 5.91 Å². The predicted octanol–water partition coefficient (Wildman–Crippen LogP) is 5.33. The zero-order chi connectivity index (χ0) is 26.2. The normalized spacial score (nSPS) is 21.5. The van der Waals surface area contributed by atoms with Crippen molar-refractivity contribution in [2.45, 2.75) is 64.5 Å². The quantitative estimate of drug-likeness (QED) is 0.369. The van der Waals surface area contributed by atoms with E-state index in [1.54, 1.807) is 12.3 Å². The Morgan fingerprint density at radius 2 is 1.89 bits per heavy atom. The number of fused-ring (bicyclic) bond motifs is 2. The number of nitrogens with zero attached hydrogens (tertiary/aromatic N) is 2. The maximum absolute atomic E-state index is 12.4. The van der Waals surface area contributed by atoms with Crippen molar-refractivity contribution in [3.8, 4) is 16.9 Å². The molecule has 1 unspecified atom stereocenters. The number of hydrogen-bond donors (Lipinski definition) is 2. The van der Waals surface area contributed by atoms with E-state index in [1.807, 2.05) is 19.2 Å². The van der Waals surface area contributed by atoms with Crippen LogP contribution in [0.4, 0.5) is 0 Å². The molecule has 2 aromatic carbocycles. The Hall–Kier alpha value is -3.51. The summed E-state index contributed by atoms with van der Waals surface area (Å²) in [5, 5.41) is 11.8. The van der Waals surface area contributed by atoms with Crippen LogP contribution in [0, 0.1) is 12.3 Å². The lowest BCUT2D eigenvalue weighted by Crippen LogP contribution is -2.37. The highest BCUT2D eigenvalue weighted by Crippen LogP contribution is 2.33. The fourth-order valence-corrected chi connectivity index (χ4v) is 6.53. The van der Waals surface area contributed by atoms with Crippen LogP contribution >= 0.6 is 0 Å². The molecule has 3 heterocycles. The van der Waals surface area contributed by atoms with E-state index in [0.29, 0.717) is 42.3 Å². The topological polar surface area (TPSA) is 78.3 Å². The van der Waals surface area contributed by atoms with Crippen LogP contribution in [0.3, 0.4) is 0 Å². The summed E-state index contributed by atoms with van der Waals surface area (Å²) in [6, 6.07) is 13.9. The number of benzene rings is 2. The van der Waals surface area contributed by atoms with E-state index < -0.39 is 0 Å². The van der Waals surface area contributed by atoms with Gasteiger partial charge in [0.25, 0.3) is 5.91 Å². The molecule has 1 saturated heterocycles. The molecule has 1 aliphatic carbocycles. The van der Waals surface area contributed by atoms with E-state index in [9.17, 15) is 4.79 Å². The van der Waals surface area contributed by atoms with Gasteiger partial charge in [0.05, 0.1) is 17.8 Å². The van der Waals surface area contributed by atoms with Gasteiger partial charge in [-0.05, 0) is 87.7 Å². The van der Waals surface area contributed by atoms with Crippen molar-refractivity contribution < 1.29 is 9.53 Å². The lowest BCUT2D eigenvalue weighted by molar-refractivity contribution is 0.0957. The molecular formula is C32H36N4O2. The van der Waals surface area contributed by atoms with Crippen molar-refractivity contribution in [2.24, 2.45) is 0 Å². The SMILES string of the molecule is Cc1c(C(=N)c2cncc(-c3ccc4c(c3)CCC(N3CCC[C@H]3C)CC4)c2)ccc2c1OCCNC2=O. The van der Waals surface area contributed by atoms with Crippen molar-refractivity contribution in [3.63, 3.8) is 0 Å². The molecule has 2 N–H and O–H groups in total. The first-order valence-corrected chi connectivity index (χ1v) is 14.0. The first-order valence-electron chi connectivity index (χ1n) is 14.0. The number of aromatic nitrogens is 1. The van der Waals surface area contributed by atoms with Crippen LogP contribution in [0.5, 0.6) is 5.75 Å². The summed E-state index contributed by atoms with van der Waals surface area (Å²) in [5.74, 6) is 0.436. The summed E-state index contributed by atoms with van der Waals surface area (Å²) in [7, 11) is 0. The summed E-state index contributed by atoms with van der Waals surface area (Å²) in [4.78, 5) is 19.6. The predicted molar refractivity (Wildman–Crippen MR) is 150 cm³/mol. The minimum absolute atomic E-state index is 0.133. The summed E-state index contributed by atoms with van der Waals surface area (Å²) in [5.41, 5.74) is 8.31. The van der Waals surface area contributed by atoms with Gasteiger partial charge in [-0.2, -0.15) is 0 Å². The molecule has 0 spiro atoms. The third kappa shape index (κ3) is 4.62. The van der Waals surface area contributed by atoms with Crippen LogP contribution in [0.25, 0.3) is 11.1 Å². The first kappa shape index (κ1) is 24.8. The lowest BCUT2D eigenvalue weighted by atomic mass is 9.93. The third-order valence-corrected chi connectivity index (χ3v) is 8.69. The number of pyridine rings is 1. The van der Waals surface area contributed by atoms with Crippen molar-refractivity contribution >= 4 is 11.6 Å². The molecule has 6 nitrogen and oxygen atoms in total. The maximum Gasteiger partial charge on any atom is 0.255 e. The smallest absolute Gasteiger partial charge is 0.255 e. The van der Waals surface area contributed by atoms with Gasteiger partial charge in [0, 0.05) is 46.7 Å². The molecule has 2 atom stereocenters. The average molecular weight is 509 g/mol. The zero-order valence-electron chi connectivity index (χ0n) is 22.3. The Labute approximate surface area is 224 Å². The standard InChI is InChI=1S/C32H36N4O2/c1-20-4-3-14-36(20)27-9-7-22-5-6-24(16-23(22)8-10-27)25-17-26(19-34-18-25)30(33)28-11-12-29-31(21(28)2)38-15-13-35-32(29)37/h5-6,11-12,16-20,27,33H,3-4,7-10,13-15H2,1-2H3,(H,35,37)/t20-,27?/m1/s1. The van der Waals surface area contributed by atoms with Crippen LogP contribution in [-0.2, 0) is 12.8 Å². The molecule has 0 bridgehead atoms. The zero-order valence-corrected chi connectivity index (χ0v) is 22.3. The fraction of sp³-hybridized carbons (Fsp3) is 0.406. The molecule has 3 aromatic rings. The van der Waals surface area contributed by atoms with Gasteiger partial charge in [-0.3, -0.25) is 20.1 Å². The molecular weight excluding hydrogens is 472 g/mol. The van der Waals surface area contributed by atoms with E-state index in [0.717, 1.165) is 40.7 Å². The van der Waals surface area contributed by atoms with Crippen molar-refractivity contribution in [3.05, 3.63) is 82.2 Å². The minimum atomic E-state index is -0.133. The number of hydrogen-bond acceptors (Lipinski definition) is 5. The lowest BCUT2D eigenvalue weighted by Gasteiger charge is -2.30. The van der Waals surface area contributed by atoms with Crippen LogP contribution in [0.2, 0.25) is 0 Å². The molecule has 2 aliphatic heterocycles. The maximum atomic E-state index is 12.4. The molecule has 0 saturated carbocycles. The second-order valence-electron chi connectivity index (χ2n) is 11.0. The second-order valence-corrected chi connectivity index (χ2v) is 11.0. The van der Waals surface area contributed by atoms with Crippen LogP contribution in [0.1, 0.15) is 70.8 Å². The number of nitrogens with one attached hydrogen (secondary N) is 2. The number of aryl methyl sites for hydroxylation is 2. The summed E-state index contributed by atoms with van der Waals surface area (Å²) < 4.78 is 5.88. The molecule has 1 aromatic heterocycles. The minimum Gasteiger partial charge on any atom is -0.491 e. The summed E-state index contributed by atoms with van der Waals surface area (Å²) in [6.45, 7) is 6.45. The van der Waals surface area contributed by atoms with Gasteiger partial charge in [0.1, 0.15) is 12.4 Å². The molecule has 6 rings (SSSR count). The number of carbonyl (C=O) groups is 1. The number of amides is 1. The Morgan fingerprint density at radius 3 is 2.71 bits per heavy atom. The molecule has 6 heteroatoms.